The quantitative estimate of drug-likeness (QED) is 0.572. The lowest BCUT2D eigenvalue weighted by molar-refractivity contribution is 0.184. The van der Waals surface area contributed by atoms with E-state index in [0.717, 1.165) is 12.8 Å². The third kappa shape index (κ3) is 4.09. The fourth-order valence-corrected chi connectivity index (χ4v) is 0.474. The van der Waals surface area contributed by atoms with Crippen LogP contribution in [0.4, 0.5) is 0 Å². The summed E-state index contributed by atoms with van der Waals surface area (Å²) in [5.41, 5.74) is 0. The molecular weight excluding hydrogens is 102 g/mol. The van der Waals surface area contributed by atoms with Crippen molar-refractivity contribution in [3.63, 3.8) is 0 Å². The standard InChI is InChI=1S/C6H13NO/c1-6(7-2)4-3-5-8/h6-7H,1,3-5H2,2H3. The Morgan fingerprint density at radius 3 is 2.75 bits per heavy atom. The lowest BCUT2D eigenvalue weighted by Crippen LogP contribution is -2.21. The molecule has 0 saturated heterocycles. The monoisotopic (exact) mass is 115 g/mol. The van der Waals surface area contributed by atoms with Gasteiger partial charge in [-0.25, -0.2) is 5.11 Å². The van der Waals surface area contributed by atoms with Gasteiger partial charge in [0.05, 0.1) is 6.61 Å². The number of nitrogens with one attached hydrogen (secondary N) is 1. The topological polar surface area (TPSA) is 31.9 Å². The molecule has 0 spiro atoms. The van der Waals surface area contributed by atoms with Crippen LogP contribution in [0.15, 0.2) is 0 Å². The summed E-state index contributed by atoms with van der Waals surface area (Å²) in [4.78, 5) is 0. The average Bonchev–Trinajstić information content (AvgIpc) is 1.83. The maximum absolute atomic E-state index is 9.89. The summed E-state index contributed by atoms with van der Waals surface area (Å²) >= 11 is 0. The molecule has 1 N–H and O–H groups in total. The van der Waals surface area contributed by atoms with Crippen molar-refractivity contribution in [3.8, 4) is 0 Å². The van der Waals surface area contributed by atoms with E-state index >= 15 is 0 Å². The second-order valence-corrected chi connectivity index (χ2v) is 1.83. The lowest BCUT2D eigenvalue weighted by atomic mass is 10.2. The van der Waals surface area contributed by atoms with Gasteiger partial charge in [0.25, 0.3) is 0 Å². The fraction of sp³-hybridized carbons (Fsp3) is 0.833. The third-order valence-corrected chi connectivity index (χ3v) is 1.11. The smallest absolute Gasteiger partial charge is 0.0822 e. The molecule has 2 nitrogen and oxygen atoms in total. The lowest BCUT2D eigenvalue weighted by Gasteiger charge is -2.05. The van der Waals surface area contributed by atoms with Gasteiger partial charge in [-0.2, -0.15) is 0 Å². The summed E-state index contributed by atoms with van der Waals surface area (Å²) < 4.78 is 0. The van der Waals surface area contributed by atoms with Crippen LogP contribution in [0.25, 0.3) is 0 Å². The summed E-state index contributed by atoms with van der Waals surface area (Å²) in [6, 6.07) is 0.254. The first-order valence-corrected chi connectivity index (χ1v) is 2.89. The van der Waals surface area contributed by atoms with E-state index in [1.54, 1.807) is 0 Å². The molecule has 0 aromatic carbocycles. The van der Waals surface area contributed by atoms with E-state index in [-0.39, 0.29) is 12.6 Å². The van der Waals surface area contributed by atoms with E-state index in [2.05, 4.69) is 12.2 Å². The first-order chi connectivity index (χ1) is 3.81. The zero-order valence-electron chi connectivity index (χ0n) is 5.31. The van der Waals surface area contributed by atoms with Crippen LogP contribution in [0.2, 0.25) is 0 Å². The van der Waals surface area contributed by atoms with Crippen molar-refractivity contribution in [1.82, 2.24) is 5.32 Å². The molecule has 0 aliphatic rings. The highest BCUT2D eigenvalue weighted by Gasteiger charge is 1.94. The predicted octanol–water partition coefficient (Wildman–Crippen LogP) is 0.619. The van der Waals surface area contributed by atoms with E-state index in [4.69, 9.17) is 0 Å². The van der Waals surface area contributed by atoms with E-state index in [0.29, 0.717) is 0 Å². The Morgan fingerprint density at radius 2 is 2.38 bits per heavy atom. The first-order valence-electron chi connectivity index (χ1n) is 2.89. The predicted molar refractivity (Wildman–Crippen MR) is 33.0 cm³/mol. The van der Waals surface area contributed by atoms with Gasteiger partial charge in [-0.15, -0.1) is 0 Å². The van der Waals surface area contributed by atoms with Gasteiger partial charge in [-0.3, -0.25) is 0 Å². The van der Waals surface area contributed by atoms with Gasteiger partial charge in [-0.05, 0) is 26.8 Å². The van der Waals surface area contributed by atoms with Crippen molar-refractivity contribution in [2.75, 3.05) is 13.7 Å². The van der Waals surface area contributed by atoms with Crippen LogP contribution in [0.3, 0.4) is 0 Å². The molecule has 0 aromatic rings. The van der Waals surface area contributed by atoms with Crippen LogP contribution in [-0.2, 0) is 5.11 Å². The average molecular weight is 115 g/mol. The SMILES string of the molecule is [CH2]C(CCC[O])NC. The van der Waals surface area contributed by atoms with Gasteiger partial charge in [0.1, 0.15) is 0 Å². The summed E-state index contributed by atoms with van der Waals surface area (Å²) in [6.45, 7) is 3.77. The minimum Gasteiger partial charge on any atom is -0.317 e. The molecule has 8 heavy (non-hydrogen) atoms. The fourth-order valence-electron chi connectivity index (χ4n) is 0.474. The molecule has 0 aromatic heterocycles. The number of hydrogen-bond donors (Lipinski definition) is 1. The van der Waals surface area contributed by atoms with Crippen LogP contribution in [0, 0.1) is 6.92 Å². The van der Waals surface area contributed by atoms with Crippen LogP contribution >= 0.6 is 0 Å². The highest BCUT2D eigenvalue weighted by molar-refractivity contribution is 4.64. The zero-order chi connectivity index (χ0) is 6.41. The Kier molecular flexibility index (Phi) is 5.01. The molecule has 0 saturated carbocycles. The third-order valence-electron chi connectivity index (χ3n) is 1.11. The Bertz CT molecular complexity index is 47.8. The summed E-state index contributed by atoms with van der Waals surface area (Å²) in [5.74, 6) is 0. The molecule has 0 bridgehead atoms. The van der Waals surface area contributed by atoms with Crippen LogP contribution in [0.1, 0.15) is 12.8 Å². The molecule has 48 valence electrons. The van der Waals surface area contributed by atoms with Gasteiger partial charge < -0.3 is 5.32 Å². The Hall–Kier alpha value is -0.0800. The molecule has 2 radical (unpaired) electrons. The van der Waals surface area contributed by atoms with Crippen molar-refractivity contribution in [2.45, 2.75) is 18.9 Å². The normalized spacial score (nSPS) is 13.9. The Balaban J connectivity index is 2.86. The van der Waals surface area contributed by atoms with E-state index < -0.39 is 0 Å². The second-order valence-electron chi connectivity index (χ2n) is 1.83. The van der Waals surface area contributed by atoms with Crippen molar-refractivity contribution in [3.05, 3.63) is 6.92 Å². The second kappa shape index (κ2) is 5.06. The Labute approximate surface area is 50.9 Å². The minimum atomic E-state index is 0.0215. The van der Waals surface area contributed by atoms with Crippen LogP contribution < -0.4 is 5.32 Å². The van der Waals surface area contributed by atoms with Gasteiger partial charge >= 0.3 is 0 Å². The van der Waals surface area contributed by atoms with E-state index in [1.807, 2.05) is 7.05 Å². The van der Waals surface area contributed by atoms with Crippen LogP contribution in [0.5, 0.6) is 0 Å². The van der Waals surface area contributed by atoms with Crippen molar-refractivity contribution in [2.24, 2.45) is 0 Å². The molecule has 1 unspecified atom stereocenters. The van der Waals surface area contributed by atoms with E-state index in [1.165, 1.54) is 0 Å². The largest absolute Gasteiger partial charge is 0.317 e. The molecule has 0 fully saturated rings. The Morgan fingerprint density at radius 1 is 1.75 bits per heavy atom. The van der Waals surface area contributed by atoms with Crippen molar-refractivity contribution >= 4 is 0 Å². The molecule has 0 rings (SSSR count). The van der Waals surface area contributed by atoms with Crippen LogP contribution in [-0.4, -0.2) is 19.7 Å². The highest BCUT2D eigenvalue weighted by atomic mass is 16.2. The van der Waals surface area contributed by atoms with Gasteiger partial charge in [0, 0.05) is 6.04 Å². The maximum atomic E-state index is 9.89. The van der Waals surface area contributed by atoms with Crippen molar-refractivity contribution in [1.29, 1.82) is 0 Å². The summed E-state index contributed by atoms with van der Waals surface area (Å²) in [5, 5.41) is 12.8. The summed E-state index contributed by atoms with van der Waals surface area (Å²) in [7, 11) is 1.85. The van der Waals surface area contributed by atoms with Crippen molar-refractivity contribution < 1.29 is 5.11 Å². The van der Waals surface area contributed by atoms with Gasteiger partial charge in [-0.1, -0.05) is 0 Å². The molecule has 0 amide bonds. The molecular formula is C6H13NO. The van der Waals surface area contributed by atoms with E-state index in [9.17, 15) is 5.11 Å². The molecule has 0 heterocycles. The molecule has 1 atom stereocenters. The van der Waals surface area contributed by atoms with Gasteiger partial charge in [0.15, 0.2) is 0 Å². The minimum absolute atomic E-state index is 0.0215. The molecule has 2 heteroatoms. The molecule has 0 aliphatic carbocycles. The number of hydrogen-bond acceptors (Lipinski definition) is 1. The zero-order valence-corrected chi connectivity index (χ0v) is 5.31. The first kappa shape index (κ1) is 7.92. The number of rotatable bonds is 4. The highest BCUT2D eigenvalue weighted by Crippen LogP contribution is 1.92. The maximum Gasteiger partial charge on any atom is 0.0822 e. The summed E-state index contributed by atoms with van der Waals surface area (Å²) in [6.07, 6.45) is 1.62. The molecule has 0 aliphatic heterocycles. The van der Waals surface area contributed by atoms with Gasteiger partial charge in [0.2, 0.25) is 0 Å².